The number of hydrogen-bond acceptors (Lipinski definition) is 3. The van der Waals surface area contributed by atoms with Gasteiger partial charge in [-0.25, -0.2) is 0 Å². The van der Waals surface area contributed by atoms with Gasteiger partial charge in [0, 0.05) is 5.56 Å². The van der Waals surface area contributed by atoms with Gasteiger partial charge in [-0.3, -0.25) is 9.59 Å². The van der Waals surface area contributed by atoms with Crippen LogP contribution in [0.3, 0.4) is 0 Å². The lowest BCUT2D eigenvalue weighted by Gasteiger charge is -2.14. The van der Waals surface area contributed by atoms with Crippen LogP contribution in [0.2, 0.25) is 0 Å². The summed E-state index contributed by atoms with van der Waals surface area (Å²) in [5.74, 6) is 0.235. The summed E-state index contributed by atoms with van der Waals surface area (Å²) in [6, 6.07) is 7.02. The van der Waals surface area contributed by atoms with Gasteiger partial charge in [-0.05, 0) is 19.9 Å². The van der Waals surface area contributed by atoms with Crippen LogP contribution in [0.5, 0.6) is 5.75 Å². The number of fused-ring (bicyclic) bond motifs is 1. The van der Waals surface area contributed by atoms with E-state index in [1.165, 1.54) is 6.92 Å². The number of amides is 1. The number of benzene rings is 1. The van der Waals surface area contributed by atoms with Crippen molar-refractivity contribution in [3.05, 3.63) is 29.8 Å². The molecular formula is C13H15NO3. The summed E-state index contributed by atoms with van der Waals surface area (Å²) < 4.78 is 5.43. The standard InChI is InChI=1S/C13H15NO3/c1-8(9(2)15)14-13(16)11-7-17-12-6-4-3-5-10(11)12/h3-6,8,11H,7H2,1-2H3,(H,14,16). The molecule has 0 aromatic heterocycles. The van der Waals surface area contributed by atoms with E-state index in [0.29, 0.717) is 6.61 Å². The molecule has 1 N–H and O–H groups in total. The van der Waals surface area contributed by atoms with E-state index in [1.807, 2.05) is 24.3 Å². The molecule has 17 heavy (non-hydrogen) atoms. The van der Waals surface area contributed by atoms with E-state index in [9.17, 15) is 9.59 Å². The topological polar surface area (TPSA) is 55.4 Å². The molecule has 4 nitrogen and oxygen atoms in total. The number of ether oxygens (including phenoxy) is 1. The summed E-state index contributed by atoms with van der Waals surface area (Å²) in [5, 5.41) is 2.69. The van der Waals surface area contributed by atoms with E-state index in [2.05, 4.69) is 5.32 Å². The molecule has 0 saturated heterocycles. The SMILES string of the molecule is CC(=O)C(C)NC(=O)C1COc2ccccc21. The smallest absolute Gasteiger partial charge is 0.231 e. The van der Waals surface area contributed by atoms with E-state index in [4.69, 9.17) is 4.74 Å². The van der Waals surface area contributed by atoms with Crippen molar-refractivity contribution in [1.82, 2.24) is 5.32 Å². The molecule has 1 aromatic carbocycles. The molecule has 4 heteroatoms. The van der Waals surface area contributed by atoms with Crippen LogP contribution in [0.4, 0.5) is 0 Å². The molecule has 1 aliphatic rings. The normalized spacial score (nSPS) is 19.1. The predicted octanol–water partition coefficient (Wildman–Crippen LogP) is 1.26. The first kappa shape index (κ1) is 11.6. The van der Waals surface area contributed by atoms with Gasteiger partial charge in [0.05, 0.1) is 6.04 Å². The Labute approximate surface area is 100.0 Å². The number of ketones is 1. The van der Waals surface area contributed by atoms with E-state index in [1.54, 1.807) is 6.92 Å². The minimum Gasteiger partial charge on any atom is -0.492 e. The summed E-state index contributed by atoms with van der Waals surface area (Å²) >= 11 is 0. The summed E-state index contributed by atoms with van der Waals surface area (Å²) in [6.07, 6.45) is 0. The molecule has 1 amide bonds. The molecule has 2 rings (SSSR count). The Hall–Kier alpha value is -1.84. The second kappa shape index (κ2) is 4.57. The van der Waals surface area contributed by atoms with Crippen LogP contribution in [-0.4, -0.2) is 24.3 Å². The fourth-order valence-electron chi connectivity index (χ4n) is 1.80. The molecule has 0 radical (unpaired) electrons. The highest BCUT2D eigenvalue weighted by atomic mass is 16.5. The lowest BCUT2D eigenvalue weighted by Crippen LogP contribution is -2.40. The second-order valence-electron chi connectivity index (χ2n) is 4.24. The molecule has 0 aliphatic carbocycles. The van der Waals surface area contributed by atoms with Gasteiger partial charge >= 0.3 is 0 Å². The molecule has 2 atom stereocenters. The summed E-state index contributed by atoms with van der Waals surface area (Å²) in [5.41, 5.74) is 0.890. The highest BCUT2D eigenvalue weighted by molar-refractivity contribution is 5.91. The first-order valence-electron chi connectivity index (χ1n) is 5.62. The third-order valence-electron chi connectivity index (χ3n) is 2.98. The van der Waals surface area contributed by atoms with Gasteiger partial charge in [-0.2, -0.15) is 0 Å². The van der Waals surface area contributed by atoms with Crippen LogP contribution in [0.1, 0.15) is 25.3 Å². The number of nitrogens with one attached hydrogen (secondary N) is 1. The maximum atomic E-state index is 12.0. The Morgan fingerprint density at radius 2 is 2.12 bits per heavy atom. The molecule has 0 bridgehead atoms. The van der Waals surface area contributed by atoms with Gasteiger partial charge in [-0.15, -0.1) is 0 Å². The van der Waals surface area contributed by atoms with Crippen LogP contribution < -0.4 is 10.1 Å². The number of carbonyl (C=O) groups is 2. The van der Waals surface area contributed by atoms with Gasteiger partial charge < -0.3 is 10.1 Å². The van der Waals surface area contributed by atoms with E-state index in [-0.39, 0.29) is 17.6 Å². The zero-order valence-corrected chi connectivity index (χ0v) is 9.90. The minimum absolute atomic E-state index is 0.0504. The molecule has 1 aliphatic heterocycles. The lowest BCUT2D eigenvalue weighted by atomic mass is 10.00. The van der Waals surface area contributed by atoms with Crippen molar-refractivity contribution in [1.29, 1.82) is 0 Å². The van der Waals surface area contributed by atoms with Crippen molar-refractivity contribution in [3.63, 3.8) is 0 Å². The summed E-state index contributed by atoms with van der Waals surface area (Å²) in [7, 11) is 0. The first-order valence-corrected chi connectivity index (χ1v) is 5.62. The van der Waals surface area contributed by atoms with Crippen LogP contribution in [0.15, 0.2) is 24.3 Å². The Bertz CT molecular complexity index is 456. The zero-order chi connectivity index (χ0) is 12.4. The van der Waals surface area contributed by atoms with Crippen molar-refractivity contribution in [2.24, 2.45) is 0 Å². The van der Waals surface area contributed by atoms with E-state index in [0.717, 1.165) is 11.3 Å². The third kappa shape index (κ3) is 2.30. The number of para-hydroxylation sites is 1. The molecule has 90 valence electrons. The van der Waals surface area contributed by atoms with Crippen LogP contribution in [0, 0.1) is 0 Å². The van der Waals surface area contributed by atoms with Crippen molar-refractivity contribution >= 4 is 11.7 Å². The Kier molecular flexibility index (Phi) is 3.13. The Balaban J connectivity index is 2.10. The molecule has 0 fully saturated rings. The minimum atomic E-state index is -0.449. The van der Waals surface area contributed by atoms with Crippen molar-refractivity contribution in [2.45, 2.75) is 25.8 Å². The van der Waals surface area contributed by atoms with Crippen molar-refractivity contribution in [3.8, 4) is 5.75 Å². The fourth-order valence-corrected chi connectivity index (χ4v) is 1.80. The third-order valence-corrected chi connectivity index (χ3v) is 2.98. The second-order valence-corrected chi connectivity index (χ2v) is 4.24. The lowest BCUT2D eigenvalue weighted by molar-refractivity contribution is -0.127. The monoisotopic (exact) mass is 233 g/mol. The number of Topliss-reactive ketones (excluding diaryl/α,β-unsaturated/α-hetero) is 1. The molecule has 2 unspecified atom stereocenters. The van der Waals surface area contributed by atoms with Gasteiger partial charge in [0.1, 0.15) is 18.3 Å². The molecule has 0 saturated carbocycles. The Morgan fingerprint density at radius 3 is 2.82 bits per heavy atom. The van der Waals surface area contributed by atoms with Crippen molar-refractivity contribution in [2.75, 3.05) is 6.61 Å². The van der Waals surface area contributed by atoms with Crippen LogP contribution in [-0.2, 0) is 9.59 Å². The summed E-state index contributed by atoms with van der Waals surface area (Å²) in [4.78, 5) is 23.1. The number of hydrogen-bond donors (Lipinski definition) is 1. The molecule has 1 aromatic rings. The summed E-state index contributed by atoms with van der Waals surface area (Å²) in [6.45, 7) is 3.49. The highest BCUT2D eigenvalue weighted by Gasteiger charge is 2.30. The Morgan fingerprint density at radius 1 is 1.41 bits per heavy atom. The molecule has 1 heterocycles. The van der Waals surface area contributed by atoms with Gasteiger partial charge in [-0.1, -0.05) is 18.2 Å². The number of carbonyl (C=O) groups excluding carboxylic acids is 2. The van der Waals surface area contributed by atoms with Gasteiger partial charge in [0.15, 0.2) is 5.78 Å². The predicted molar refractivity (Wildman–Crippen MR) is 63.0 cm³/mol. The first-order chi connectivity index (χ1) is 8.09. The van der Waals surface area contributed by atoms with Gasteiger partial charge in [0.25, 0.3) is 0 Å². The van der Waals surface area contributed by atoms with Crippen LogP contribution >= 0.6 is 0 Å². The molecular weight excluding hydrogens is 218 g/mol. The van der Waals surface area contributed by atoms with E-state index < -0.39 is 6.04 Å². The quantitative estimate of drug-likeness (QED) is 0.855. The fraction of sp³-hybridized carbons (Fsp3) is 0.385. The largest absolute Gasteiger partial charge is 0.492 e. The van der Waals surface area contributed by atoms with E-state index >= 15 is 0 Å². The van der Waals surface area contributed by atoms with Crippen molar-refractivity contribution < 1.29 is 14.3 Å². The van der Waals surface area contributed by atoms with Crippen LogP contribution in [0.25, 0.3) is 0 Å². The maximum Gasteiger partial charge on any atom is 0.231 e. The van der Waals surface area contributed by atoms with Gasteiger partial charge in [0.2, 0.25) is 5.91 Å². The average molecular weight is 233 g/mol. The maximum absolute atomic E-state index is 12.0. The average Bonchev–Trinajstić information content (AvgIpc) is 2.72. The number of rotatable bonds is 3. The molecule has 0 spiro atoms. The zero-order valence-electron chi connectivity index (χ0n) is 9.90. The highest BCUT2D eigenvalue weighted by Crippen LogP contribution is 2.33.